The Morgan fingerprint density at radius 2 is 1.52 bits per heavy atom. The van der Waals surface area contributed by atoms with Crippen LogP contribution in [-0.4, -0.2) is 43.1 Å². The first-order valence-corrected chi connectivity index (χ1v) is 11.4. The number of halogens is 3. The van der Waals surface area contributed by atoms with Crippen LogP contribution in [0, 0.1) is 10.7 Å². The van der Waals surface area contributed by atoms with Gasteiger partial charge < -0.3 is 25.3 Å². The number of hydrogen-bond donors (Lipinski definition) is 2. The summed E-state index contributed by atoms with van der Waals surface area (Å²) in [6, 6.07) is 0. The Labute approximate surface area is 208 Å². The summed E-state index contributed by atoms with van der Waals surface area (Å²) >= 11 is 6.02. The molecule has 29 heavy (non-hydrogen) atoms. The first-order chi connectivity index (χ1) is 13.5. The molecule has 9 nitrogen and oxygen atoms in total. The predicted octanol–water partition coefficient (Wildman–Crippen LogP) is 2.37. The van der Waals surface area contributed by atoms with Crippen molar-refractivity contribution in [2.45, 2.75) is 33.5 Å². The van der Waals surface area contributed by atoms with Gasteiger partial charge in [-0.15, -0.1) is 0 Å². The summed E-state index contributed by atoms with van der Waals surface area (Å²) in [6.07, 6.45) is -0.836. The van der Waals surface area contributed by atoms with Gasteiger partial charge >= 0.3 is 17.9 Å². The standard InChI is InChI=1S/C17H19I3N2O7/c1-7(23)27-5-10(29-9(3)25)4-22-17(26)12-13(18)11(6-28-8(2)24)14(19)16(21)15(12)20/h10H,4-6,21H2,1-3H3,(H,22,26). The second-order valence-electron chi connectivity index (χ2n) is 5.73. The van der Waals surface area contributed by atoms with E-state index < -0.39 is 29.9 Å². The molecular weight excluding hydrogens is 725 g/mol. The first-order valence-electron chi connectivity index (χ1n) is 8.12. The van der Waals surface area contributed by atoms with E-state index in [9.17, 15) is 19.2 Å². The van der Waals surface area contributed by atoms with Gasteiger partial charge in [0.25, 0.3) is 5.91 Å². The van der Waals surface area contributed by atoms with Crippen LogP contribution >= 0.6 is 67.8 Å². The molecule has 1 unspecified atom stereocenters. The zero-order valence-corrected chi connectivity index (χ0v) is 22.2. The van der Waals surface area contributed by atoms with Crippen molar-refractivity contribution in [2.75, 3.05) is 18.9 Å². The second-order valence-corrected chi connectivity index (χ2v) is 8.97. The molecule has 1 aromatic carbocycles. The molecule has 12 heteroatoms. The molecule has 0 bridgehead atoms. The first kappa shape index (κ1) is 26.1. The van der Waals surface area contributed by atoms with Crippen LogP contribution in [0.3, 0.4) is 0 Å². The zero-order chi connectivity index (χ0) is 22.3. The SMILES string of the molecule is CC(=O)OCc1c(I)c(N)c(I)c(C(=O)NCC(COC(C)=O)OC(C)=O)c1I. The topological polar surface area (TPSA) is 134 Å². The molecule has 1 amide bonds. The average Bonchev–Trinajstić information content (AvgIpc) is 2.61. The van der Waals surface area contributed by atoms with Crippen LogP contribution in [0.15, 0.2) is 0 Å². The zero-order valence-electron chi connectivity index (χ0n) is 15.8. The summed E-state index contributed by atoms with van der Waals surface area (Å²) < 4.78 is 16.8. The molecule has 0 saturated heterocycles. The number of anilines is 1. The van der Waals surface area contributed by atoms with Crippen LogP contribution in [0.2, 0.25) is 0 Å². The lowest BCUT2D eigenvalue weighted by Crippen LogP contribution is -2.38. The van der Waals surface area contributed by atoms with Crippen LogP contribution in [0.1, 0.15) is 36.7 Å². The highest BCUT2D eigenvalue weighted by molar-refractivity contribution is 14.1. The fraction of sp³-hybridized carbons (Fsp3) is 0.412. The number of nitrogens with two attached hydrogens (primary N) is 1. The Morgan fingerprint density at radius 3 is 2.03 bits per heavy atom. The molecule has 3 N–H and O–H groups in total. The summed E-state index contributed by atoms with van der Waals surface area (Å²) in [5, 5.41) is 2.67. The van der Waals surface area contributed by atoms with Gasteiger partial charge in [-0.05, 0) is 67.8 Å². The molecule has 1 aromatic rings. The third-order valence-corrected chi connectivity index (χ3v) is 6.93. The molecule has 0 spiro atoms. The molecule has 0 aliphatic heterocycles. The van der Waals surface area contributed by atoms with E-state index in [4.69, 9.17) is 19.9 Å². The van der Waals surface area contributed by atoms with Crippen LogP contribution in [-0.2, 0) is 35.2 Å². The Bertz CT molecular complexity index is 830. The third kappa shape index (κ3) is 8.03. The molecule has 0 radical (unpaired) electrons. The molecule has 0 aliphatic rings. The minimum absolute atomic E-state index is 0.0181. The van der Waals surface area contributed by atoms with E-state index in [1.54, 1.807) is 0 Å². The summed E-state index contributed by atoms with van der Waals surface area (Å²) in [5.41, 5.74) is 7.48. The lowest BCUT2D eigenvalue weighted by Gasteiger charge is -2.20. The number of hydrogen-bond acceptors (Lipinski definition) is 8. The van der Waals surface area contributed by atoms with Crippen molar-refractivity contribution in [3.05, 3.63) is 21.8 Å². The van der Waals surface area contributed by atoms with E-state index in [0.717, 1.165) is 0 Å². The number of carbonyl (C=O) groups excluding carboxylic acids is 4. The third-order valence-electron chi connectivity index (χ3n) is 3.38. The second kappa shape index (κ2) is 12.1. The van der Waals surface area contributed by atoms with Crippen molar-refractivity contribution in [2.24, 2.45) is 0 Å². The van der Waals surface area contributed by atoms with Gasteiger partial charge in [-0.2, -0.15) is 0 Å². The Balaban J connectivity index is 3.08. The van der Waals surface area contributed by atoms with Gasteiger partial charge in [0, 0.05) is 33.5 Å². The minimum atomic E-state index is -0.836. The molecule has 1 rings (SSSR count). The van der Waals surface area contributed by atoms with E-state index >= 15 is 0 Å². The predicted molar refractivity (Wildman–Crippen MR) is 129 cm³/mol. The van der Waals surface area contributed by atoms with Crippen LogP contribution in [0.5, 0.6) is 0 Å². The molecule has 0 saturated carbocycles. The highest BCUT2D eigenvalue weighted by atomic mass is 127. The maximum Gasteiger partial charge on any atom is 0.303 e. The van der Waals surface area contributed by atoms with Crippen LogP contribution in [0.4, 0.5) is 5.69 Å². The largest absolute Gasteiger partial charge is 0.462 e. The smallest absolute Gasteiger partial charge is 0.303 e. The van der Waals surface area contributed by atoms with Crippen LogP contribution in [0.25, 0.3) is 0 Å². The lowest BCUT2D eigenvalue weighted by molar-refractivity contribution is -0.155. The summed E-state index contributed by atoms with van der Waals surface area (Å²) in [5.74, 6) is -2.00. The van der Waals surface area contributed by atoms with Gasteiger partial charge in [0.2, 0.25) is 0 Å². The fourth-order valence-electron chi connectivity index (χ4n) is 2.11. The number of rotatable bonds is 8. The van der Waals surface area contributed by atoms with Crippen LogP contribution < -0.4 is 11.1 Å². The van der Waals surface area contributed by atoms with Gasteiger partial charge in [-0.25, -0.2) is 0 Å². The molecule has 0 heterocycles. The molecule has 1 atom stereocenters. The van der Waals surface area contributed by atoms with Crippen molar-refractivity contribution >= 4 is 97.3 Å². The highest BCUT2D eigenvalue weighted by Crippen LogP contribution is 2.34. The fourth-order valence-corrected chi connectivity index (χ4v) is 6.08. The van der Waals surface area contributed by atoms with E-state index in [1.165, 1.54) is 20.8 Å². The summed E-state index contributed by atoms with van der Waals surface area (Å²) in [6.45, 7) is 3.47. The number of amides is 1. The van der Waals surface area contributed by atoms with Crippen molar-refractivity contribution in [3.8, 4) is 0 Å². The summed E-state index contributed by atoms with van der Waals surface area (Å²) in [4.78, 5) is 46.2. The molecule has 0 aromatic heterocycles. The van der Waals surface area contributed by atoms with E-state index in [0.29, 0.717) is 27.5 Å². The molecule has 0 aliphatic carbocycles. The van der Waals surface area contributed by atoms with Gasteiger partial charge in [0.15, 0.2) is 6.10 Å². The Hall–Kier alpha value is -0.910. The van der Waals surface area contributed by atoms with Gasteiger partial charge in [0.1, 0.15) is 13.2 Å². The number of esters is 3. The van der Waals surface area contributed by atoms with Gasteiger partial charge in [-0.3, -0.25) is 19.2 Å². The molecule has 0 fully saturated rings. The maximum atomic E-state index is 12.8. The molecular formula is C17H19I3N2O7. The van der Waals surface area contributed by atoms with E-state index in [2.05, 4.69) is 5.32 Å². The monoisotopic (exact) mass is 744 g/mol. The van der Waals surface area contributed by atoms with Crippen molar-refractivity contribution < 1.29 is 33.4 Å². The van der Waals surface area contributed by atoms with Gasteiger partial charge in [0.05, 0.1) is 21.4 Å². The van der Waals surface area contributed by atoms with Crippen molar-refractivity contribution in [1.82, 2.24) is 5.32 Å². The summed E-state index contributed by atoms with van der Waals surface area (Å²) in [7, 11) is 0. The average molecular weight is 744 g/mol. The number of benzene rings is 1. The molecule has 160 valence electrons. The highest BCUT2D eigenvalue weighted by Gasteiger charge is 2.25. The normalized spacial score (nSPS) is 11.4. The van der Waals surface area contributed by atoms with E-state index in [1.807, 2.05) is 67.8 Å². The number of carbonyl (C=O) groups is 4. The van der Waals surface area contributed by atoms with Crippen molar-refractivity contribution in [1.29, 1.82) is 0 Å². The maximum absolute atomic E-state index is 12.8. The minimum Gasteiger partial charge on any atom is -0.462 e. The number of ether oxygens (including phenoxy) is 3. The Kier molecular flexibility index (Phi) is 10.9. The Morgan fingerprint density at radius 1 is 0.931 bits per heavy atom. The lowest BCUT2D eigenvalue weighted by atomic mass is 10.1. The van der Waals surface area contributed by atoms with E-state index in [-0.39, 0.29) is 19.8 Å². The number of nitrogen functional groups attached to an aromatic ring is 1. The quantitative estimate of drug-likeness (QED) is 0.180. The van der Waals surface area contributed by atoms with Gasteiger partial charge in [-0.1, -0.05) is 0 Å². The number of nitrogens with one attached hydrogen (secondary N) is 1. The van der Waals surface area contributed by atoms with Crippen molar-refractivity contribution in [3.63, 3.8) is 0 Å².